The molecule has 0 bridgehead atoms. The summed E-state index contributed by atoms with van der Waals surface area (Å²) in [6, 6.07) is 30.5. The number of rotatable bonds is 8. The van der Waals surface area contributed by atoms with Crippen LogP contribution in [0.5, 0.6) is 0 Å². The van der Waals surface area contributed by atoms with Crippen LogP contribution in [0.15, 0.2) is 108 Å². The van der Waals surface area contributed by atoms with Crippen LogP contribution >= 0.6 is 23.5 Å². The van der Waals surface area contributed by atoms with Crippen molar-refractivity contribution in [1.82, 2.24) is 0 Å². The highest BCUT2D eigenvalue weighted by molar-refractivity contribution is 7.98. The molecule has 4 rings (SSSR count). The van der Waals surface area contributed by atoms with Crippen molar-refractivity contribution in [3.63, 3.8) is 0 Å². The zero-order valence-electron chi connectivity index (χ0n) is 16.9. The summed E-state index contributed by atoms with van der Waals surface area (Å²) in [5.41, 5.74) is 5.03. The van der Waals surface area contributed by atoms with Crippen LogP contribution in [0.3, 0.4) is 0 Å². The number of fused-ring (bicyclic) bond motifs is 1. The summed E-state index contributed by atoms with van der Waals surface area (Å²) in [5, 5.41) is 2.57. The third-order valence-corrected chi connectivity index (χ3v) is 7.15. The van der Waals surface area contributed by atoms with E-state index in [2.05, 4.69) is 98.1 Å². The fraction of sp³-hybridized carbons (Fsp3) is 0.0714. The molecular formula is C28H24S2. The quantitative estimate of drug-likeness (QED) is 0.259. The van der Waals surface area contributed by atoms with Crippen LogP contribution in [0, 0.1) is 0 Å². The summed E-state index contributed by atoms with van der Waals surface area (Å²) < 4.78 is 0. The molecule has 0 aliphatic heterocycles. The van der Waals surface area contributed by atoms with E-state index in [0.29, 0.717) is 0 Å². The molecule has 0 aliphatic rings. The Hall–Kier alpha value is -2.68. The normalized spacial score (nSPS) is 10.8. The number of hydrogen-bond acceptors (Lipinski definition) is 2. The Kier molecular flexibility index (Phi) is 6.78. The van der Waals surface area contributed by atoms with Crippen LogP contribution in [0.2, 0.25) is 0 Å². The van der Waals surface area contributed by atoms with Crippen LogP contribution in [0.25, 0.3) is 22.9 Å². The van der Waals surface area contributed by atoms with Gasteiger partial charge in [0.2, 0.25) is 0 Å². The molecule has 0 fully saturated rings. The van der Waals surface area contributed by atoms with E-state index in [1.807, 2.05) is 35.7 Å². The first-order valence-corrected chi connectivity index (χ1v) is 11.9. The molecule has 0 saturated carbocycles. The Bertz CT molecular complexity index is 1190. The maximum absolute atomic E-state index is 3.92. The lowest BCUT2D eigenvalue weighted by atomic mass is 10.1. The molecule has 0 spiro atoms. The van der Waals surface area contributed by atoms with E-state index in [1.54, 1.807) is 0 Å². The third-order valence-electron chi connectivity index (χ3n) is 5.04. The third kappa shape index (κ3) is 5.08. The zero-order valence-corrected chi connectivity index (χ0v) is 18.5. The van der Waals surface area contributed by atoms with Gasteiger partial charge in [0, 0.05) is 21.3 Å². The molecule has 0 saturated heterocycles. The minimum Gasteiger partial charge on any atom is -0.121 e. The van der Waals surface area contributed by atoms with Crippen molar-refractivity contribution in [2.75, 3.05) is 0 Å². The van der Waals surface area contributed by atoms with E-state index in [4.69, 9.17) is 0 Å². The molecule has 2 heteroatoms. The SMILES string of the molecule is C=Cc1cccc(CSc2ccc3cc(SCc4ccccc4C=C)ccc3c2)c1. The molecule has 0 nitrogen and oxygen atoms in total. The van der Waals surface area contributed by atoms with Crippen molar-refractivity contribution in [1.29, 1.82) is 0 Å². The van der Waals surface area contributed by atoms with Gasteiger partial charge in [-0.25, -0.2) is 0 Å². The van der Waals surface area contributed by atoms with E-state index in [0.717, 1.165) is 11.5 Å². The lowest BCUT2D eigenvalue weighted by molar-refractivity contribution is 1.37. The van der Waals surface area contributed by atoms with Gasteiger partial charge < -0.3 is 0 Å². The molecule has 0 atom stereocenters. The highest BCUT2D eigenvalue weighted by atomic mass is 32.2. The van der Waals surface area contributed by atoms with Crippen molar-refractivity contribution in [3.05, 3.63) is 120 Å². The van der Waals surface area contributed by atoms with Gasteiger partial charge in [0.05, 0.1) is 0 Å². The summed E-state index contributed by atoms with van der Waals surface area (Å²) in [7, 11) is 0. The van der Waals surface area contributed by atoms with Gasteiger partial charge >= 0.3 is 0 Å². The van der Waals surface area contributed by atoms with Crippen molar-refractivity contribution >= 4 is 46.4 Å². The predicted molar refractivity (Wildman–Crippen MR) is 136 cm³/mol. The van der Waals surface area contributed by atoms with Crippen LogP contribution < -0.4 is 0 Å². The lowest BCUT2D eigenvalue weighted by Crippen LogP contribution is -1.86. The second-order valence-corrected chi connectivity index (χ2v) is 9.20. The standard InChI is InChI=1S/C28H24S2/c1-3-21-8-7-9-22(16-21)19-29-27-14-12-25-18-28(15-13-24(25)17-27)30-20-26-11-6-5-10-23(26)4-2/h3-18H,1-2,19-20H2. The fourth-order valence-corrected chi connectivity index (χ4v) is 5.23. The van der Waals surface area contributed by atoms with Gasteiger partial charge in [-0.05, 0) is 57.3 Å². The lowest BCUT2D eigenvalue weighted by Gasteiger charge is -2.08. The first kappa shape index (κ1) is 20.6. The number of thioether (sulfide) groups is 2. The van der Waals surface area contributed by atoms with Gasteiger partial charge in [0.1, 0.15) is 0 Å². The molecular weight excluding hydrogens is 400 g/mol. The van der Waals surface area contributed by atoms with Crippen LogP contribution in [-0.4, -0.2) is 0 Å². The topological polar surface area (TPSA) is 0 Å². The van der Waals surface area contributed by atoms with Crippen molar-refractivity contribution < 1.29 is 0 Å². The van der Waals surface area contributed by atoms with Crippen LogP contribution in [0.4, 0.5) is 0 Å². The van der Waals surface area contributed by atoms with Crippen LogP contribution in [0.1, 0.15) is 22.3 Å². The molecule has 0 radical (unpaired) electrons. The van der Waals surface area contributed by atoms with E-state index < -0.39 is 0 Å². The summed E-state index contributed by atoms with van der Waals surface area (Å²) in [4.78, 5) is 2.59. The zero-order chi connectivity index (χ0) is 20.8. The monoisotopic (exact) mass is 424 g/mol. The predicted octanol–water partition coefficient (Wildman–Crippen LogP) is 8.71. The number of benzene rings is 4. The Labute approximate surface area is 187 Å². The minimum absolute atomic E-state index is 0.950. The largest absolute Gasteiger partial charge is 0.121 e. The Morgan fingerprint density at radius 2 is 1.33 bits per heavy atom. The molecule has 148 valence electrons. The van der Waals surface area contributed by atoms with Gasteiger partial charge in [-0.2, -0.15) is 0 Å². The summed E-state index contributed by atoms with van der Waals surface area (Å²) in [6.07, 6.45) is 3.83. The van der Waals surface area contributed by atoms with Gasteiger partial charge in [-0.15, -0.1) is 23.5 Å². The maximum atomic E-state index is 3.92. The second kappa shape index (κ2) is 9.88. The smallest absolute Gasteiger partial charge is 0.0237 e. The summed E-state index contributed by atoms with van der Waals surface area (Å²) in [6.45, 7) is 7.78. The van der Waals surface area contributed by atoms with E-state index in [9.17, 15) is 0 Å². The molecule has 4 aromatic carbocycles. The molecule has 4 aromatic rings. The molecule has 0 N–H and O–H groups in total. The molecule has 0 aromatic heterocycles. The highest BCUT2D eigenvalue weighted by Crippen LogP contribution is 2.31. The van der Waals surface area contributed by atoms with Gasteiger partial charge in [0.15, 0.2) is 0 Å². The first-order chi connectivity index (χ1) is 14.7. The van der Waals surface area contributed by atoms with E-state index >= 15 is 0 Å². The Morgan fingerprint density at radius 1 is 0.633 bits per heavy atom. The Balaban J connectivity index is 1.44. The summed E-state index contributed by atoms with van der Waals surface area (Å²) in [5.74, 6) is 1.91. The second-order valence-electron chi connectivity index (χ2n) is 7.10. The van der Waals surface area contributed by atoms with E-state index in [1.165, 1.54) is 42.8 Å². The average molecular weight is 425 g/mol. The highest BCUT2D eigenvalue weighted by Gasteiger charge is 2.04. The van der Waals surface area contributed by atoms with Crippen molar-refractivity contribution in [3.8, 4) is 0 Å². The minimum atomic E-state index is 0.950. The molecule has 0 aliphatic carbocycles. The maximum Gasteiger partial charge on any atom is 0.0237 e. The molecule has 0 unspecified atom stereocenters. The van der Waals surface area contributed by atoms with Gasteiger partial charge in [-0.1, -0.05) is 86.0 Å². The van der Waals surface area contributed by atoms with E-state index in [-0.39, 0.29) is 0 Å². The van der Waals surface area contributed by atoms with Gasteiger partial charge in [0.25, 0.3) is 0 Å². The van der Waals surface area contributed by atoms with Crippen molar-refractivity contribution in [2.24, 2.45) is 0 Å². The number of hydrogen-bond donors (Lipinski definition) is 0. The first-order valence-electron chi connectivity index (χ1n) is 9.96. The van der Waals surface area contributed by atoms with Gasteiger partial charge in [-0.3, -0.25) is 0 Å². The summed E-state index contributed by atoms with van der Waals surface area (Å²) >= 11 is 3.75. The van der Waals surface area contributed by atoms with Crippen molar-refractivity contribution in [2.45, 2.75) is 21.3 Å². The average Bonchev–Trinajstić information content (AvgIpc) is 2.81. The molecule has 30 heavy (non-hydrogen) atoms. The fourth-order valence-electron chi connectivity index (χ4n) is 3.38. The molecule has 0 amide bonds. The van der Waals surface area contributed by atoms with Crippen LogP contribution in [-0.2, 0) is 11.5 Å². The molecule has 0 heterocycles. The Morgan fingerprint density at radius 3 is 2.03 bits per heavy atom.